The van der Waals surface area contributed by atoms with Crippen LogP contribution in [0.15, 0.2) is 152 Å². The Morgan fingerprint density at radius 2 is 1.02 bits per heavy atom. The third-order valence-corrected chi connectivity index (χ3v) is 8.45. The number of anilines is 3. The first-order chi connectivity index (χ1) is 22.8. The van der Waals surface area contributed by atoms with Crippen molar-refractivity contribution in [1.29, 1.82) is 5.26 Å². The summed E-state index contributed by atoms with van der Waals surface area (Å²) in [5, 5.41) is 9.94. The van der Waals surface area contributed by atoms with E-state index in [-0.39, 0.29) is 0 Å². The van der Waals surface area contributed by atoms with E-state index in [2.05, 4.69) is 109 Å². The molecule has 0 saturated carbocycles. The number of para-hydroxylation sites is 6. The lowest BCUT2D eigenvalue weighted by atomic mass is 10.2. The number of aromatic nitrogens is 5. The number of nitriles is 1. The predicted molar refractivity (Wildman–Crippen MR) is 184 cm³/mol. The second-order valence-corrected chi connectivity index (χ2v) is 11.1. The van der Waals surface area contributed by atoms with Crippen molar-refractivity contribution in [3.8, 4) is 11.8 Å². The number of rotatable bonds is 4. The van der Waals surface area contributed by atoms with Crippen molar-refractivity contribution in [2.75, 3.05) is 4.90 Å². The Morgan fingerprint density at radius 1 is 0.478 bits per heavy atom. The first-order valence-corrected chi connectivity index (χ1v) is 15.1. The highest BCUT2D eigenvalue weighted by molar-refractivity contribution is 5.93. The van der Waals surface area contributed by atoms with Crippen LogP contribution in [0.4, 0.5) is 17.1 Å². The van der Waals surface area contributed by atoms with Crippen LogP contribution < -0.4 is 4.90 Å². The molecule has 0 N–H and O–H groups in total. The highest BCUT2D eigenvalue weighted by atomic mass is 15.3. The van der Waals surface area contributed by atoms with Crippen LogP contribution in [-0.2, 0) is 0 Å². The highest BCUT2D eigenvalue weighted by Crippen LogP contribution is 2.36. The Kier molecular flexibility index (Phi) is 5.74. The summed E-state index contributed by atoms with van der Waals surface area (Å²) in [6.07, 6.45) is 0. The van der Waals surface area contributed by atoms with Crippen molar-refractivity contribution in [1.82, 2.24) is 23.3 Å². The van der Waals surface area contributed by atoms with E-state index >= 15 is 0 Å². The summed E-state index contributed by atoms with van der Waals surface area (Å²) in [5.74, 6) is 1.40. The Balaban J connectivity index is 1.46. The van der Waals surface area contributed by atoms with E-state index in [4.69, 9.17) is 9.97 Å². The average Bonchev–Trinajstić information content (AvgIpc) is 3.65. The minimum Gasteiger partial charge on any atom is -0.310 e. The fourth-order valence-corrected chi connectivity index (χ4v) is 6.46. The van der Waals surface area contributed by atoms with Crippen molar-refractivity contribution in [2.45, 2.75) is 0 Å². The summed E-state index contributed by atoms with van der Waals surface area (Å²) in [6.45, 7) is 0. The second kappa shape index (κ2) is 10.2. The monoisotopic (exact) mass is 591 g/mol. The number of benzene rings is 6. The number of imidazole rings is 2. The molecule has 3 heterocycles. The summed E-state index contributed by atoms with van der Waals surface area (Å²) < 4.78 is 6.45. The number of hydrogen-bond acceptors (Lipinski definition) is 4. The zero-order valence-corrected chi connectivity index (χ0v) is 24.6. The van der Waals surface area contributed by atoms with Gasteiger partial charge in [-0.05, 0) is 84.9 Å². The Morgan fingerprint density at radius 3 is 1.63 bits per heavy atom. The zero-order valence-electron chi connectivity index (χ0n) is 24.6. The van der Waals surface area contributed by atoms with Gasteiger partial charge in [0.15, 0.2) is 0 Å². The van der Waals surface area contributed by atoms with Crippen LogP contribution in [0.2, 0.25) is 0 Å². The molecule has 0 spiro atoms. The maximum Gasteiger partial charge on any atom is 0.223 e. The van der Waals surface area contributed by atoms with Crippen LogP contribution in [0.3, 0.4) is 0 Å². The van der Waals surface area contributed by atoms with Gasteiger partial charge in [-0.2, -0.15) is 5.26 Å². The molecule has 0 radical (unpaired) electrons. The number of fused-ring (bicyclic) bond motifs is 9. The Hall–Kier alpha value is -6.65. The number of nitrogens with zero attached hydrogens (tertiary/aromatic N) is 7. The van der Waals surface area contributed by atoms with Crippen LogP contribution in [0.5, 0.6) is 0 Å². The lowest BCUT2D eigenvalue weighted by Crippen LogP contribution is -2.10. The van der Waals surface area contributed by atoms with Gasteiger partial charge in [-0.25, -0.2) is 14.5 Å². The minimum absolute atomic E-state index is 0.574. The maximum atomic E-state index is 9.94. The van der Waals surface area contributed by atoms with Gasteiger partial charge in [0.2, 0.25) is 11.6 Å². The van der Waals surface area contributed by atoms with E-state index in [1.165, 1.54) is 0 Å². The molecule has 6 aromatic carbocycles. The molecule has 0 unspecified atom stereocenters. The fraction of sp³-hybridized carbons (Fsp3) is 0. The first-order valence-electron chi connectivity index (χ1n) is 15.1. The van der Waals surface area contributed by atoms with Gasteiger partial charge in [-0.15, -0.1) is 0 Å². The summed E-state index contributed by atoms with van der Waals surface area (Å²) in [6, 6.07) is 53.7. The molecule has 0 aliphatic rings. The number of hydrogen-bond donors (Lipinski definition) is 0. The van der Waals surface area contributed by atoms with Crippen molar-refractivity contribution >= 4 is 61.7 Å². The molecule has 3 aromatic heterocycles. The van der Waals surface area contributed by atoms with Gasteiger partial charge in [0, 0.05) is 17.1 Å². The van der Waals surface area contributed by atoms with Crippen molar-refractivity contribution in [2.24, 2.45) is 0 Å². The fourth-order valence-electron chi connectivity index (χ4n) is 6.46. The van der Waals surface area contributed by atoms with E-state index in [1.54, 1.807) is 0 Å². The lowest BCUT2D eigenvalue weighted by Gasteiger charge is -2.26. The molecule has 0 aliphatic carbocycles. The van der Waals surface area contributed by atoms with E-state index in [9.17, 15) is 5.26 Å². The third-order valence-electron chi connectivity index (χ3n) is 8.45. The molecular weight excluding hydrogens is 566 g/mol. The van der Waals surface area contributed by atoms with Gasteiger partial charge in [0.05, 0.1) is 50.4 Å². The molecule has 7 nitrogen and oxygen atoms in total. The summed E-state index contributed by atoms with van der Waals surface area (Å²) in [7, 11) is 0. The van der Waals surface area contributed by atoms with E-state index in [0.717, 1.165) is 55.8 Å². The Bertz CT molecular complexity index is 2620. The molecule has 216 valence electrons. The molecule has 0 amide bonds. The van der Waals surface area contributed by atoms with Crippen molar-refractivity contribution < 1.29 is 0 Å². The molecule has 0 bridgehead atoms. The minimum atomic E-state index is 0.574. The van der Waals surface area contributed by atoms with Gasteiger partial charge in [0.25, 0.3) is 0 Å². The van der Waals surface area contributed by atoms with Crippen molar-refractivity contribution in [3.63, 3.8) is 0 Å². The molecule has 7 heteroatoms. The van der Waals surface area contributed by atoms with Gasteiger partial charge in [0.1, 0.15) is 0 Å². The topological polar surface area (TPSA) is 66.6 Å². The van der Waals surface area contributed by atoms with E-state index in [0.29, 0.717) is 17.1 Å². The summed E-state index contributed by atoms with van der Waals surface area (Å²) in [5.41, 5.74) is 9.99. The summed E-state index contributed by atoms with van der Waals surface area (Å²) in [4.78, 5) is 12.7. The van der Waals surface area contributed by atoms with Gasteiger partial charge in [-0.3, -0.25) is 8.80 Å². The normalized spacial score (nSPS) is 11.5. The van der Waals surface area contributed by atoms with E-state index < -0.39 is 0 Å². The summed E-state index contributed by atoms with van der Waals surface area (Å²) >= 11 is 0. The van der Waals surface area contributed by atoms with Crippen molar-refractivity contribution in [3.05, 3.63) is 157 Å². The van der Waals surface area contributed by atoms with Crippen LogP contribution in [0.1, 0.15) is 5.56 Å². The van der Waals surface area contributed by atoms with Gasteiger partial charge < -0.3 is 4.90 Å². The predicted octanol–water partition coefficient (Wildman–Crippen LogP) is 9.14. The second-order valence-electron chi connectivity index (χ2n) is 11.1. The molecule has 0 aliphatic heterocycles. The highest BCUT2D eigenvalue weighted by Gasteiger charge is 2.20. The first kappa shape index (κ1) is 25.8. The maximum absolute atomic E-state index is 9.94. The Labute approximate surface area is 263 Å². The van der Waals surface area contributed by atoms with Crippen LogP contribution in [-0.4, -0.2) is 23.3 Å². The zero-order chi connectivity index (χ0) is 30.6. The molecule has 9 aromatic rings. The van der Waals surface area contributed by atoms with Gasteiger partial charge >= 0.3 is 0 Å². The van der Waals surface area contributed by atoms with Crippen LogP contribution >= 0.6 is 0 Å². The molecular formula is C39H25N7. The smallest absolute Gasteiger partial charge is 0.223 e. The van der Waals surface area contributed by atoms with Crippen LogP contribution in [0, 0.1) is 11.3 Å². The molecule has 0 atom stereocenters. The lowest BCUT2D eigenvalue weighted by molar-refractivity contribution is 1.03. The SMILES string of the molecule is N#Cc1ccc2c(c1)n1c3ccccc3nc1n(-c1cccc(N(c3ccccc3)c3ccccc3)c1)c1nc3ccccc3n21. The quantitative estimate of drug-likeness (QED) is 0.205. The third kappa shape index (κ3) is 3.91. The molecule has 46 heavy (non-hydrogen) atoms. The molecule has 0 saturated heterocycles. The largest absolute Gasteiger partial charge is 0.310 e. The molecule has 0 fully saturated rings. The van der Waals surface area contributed by atoms with Gasteiger partial charge in [-0.1, -0.05) is 66.7 Å². The molecule has 9 rings (SSSR count). The van der Waals surface area contributed by atoms with Crippen LogP contribution in [0.25, 0.3) is 50.3 Å². The average molecular weight is 592 g/mol. The standard InChI is InChI=1S/C39H25N7/c40-26-27-22-23-36-37(24-27)46-35-21-10-8-19-33(35)42-39(46)44(38-41-32-18-7-9-20-34(32)45(36)38)31-17-11-16-30(25-31)43(28-12-3-1-4-13-28)29-14-5-2-6-15-29/h1-25H. The van der Waals surface area contributed by atoms with E-state index in [1.807, 2.05) is 66.7 Å².